The normalized spacial score (nSPS) is 13.2. The monoisotopic (exact) mass is 326 g/mol. The Morgan fingerprint density at radius 2 is 1.67 bits per heavy atom. The van der Waals surface area contributed by atoms with E-state index in [1.54, 1.807) is 32.0 Å². The lowest BCUT2D eigenvalue weighted by atomic mass is 9.95. The first-order chi connectivity index (χ1) is 9.70. The van der Waals surface area contributed by atoms with Crippen molar-refractivity contribution in [3.8, 4) is 0 Å². The summed E-state index contributed by atoms with van der Waals surface area (Å²) in [6.45, 7) is 3.59. The quantitative estimate of drug-likeness (QED) is 0.793. The minimum atomic E-state index is -3.29. The molecule has 1 atom stereocenters. The van der Waals surface area contributed by atoms with Crippen molar-refractivity contribution in [2.24, 2.45) is 0 Å². The summed E-state index contributed by atoms with van der Waals surface area (Å²) in [7, 11) is -3.29. The van der Waals surface area contributed by atoms with Gasteiger partial charge in [-0.3, -0.25) is 0 Å². The molecule has 0 aliphatic heterocycles. The van der Waals surface area contributed by atoms with Crippen LogP contribution in [0.2, 0.25) is 0 Å². The average molecular weight is 327 g/mol. The fraction of sp³-hybridized carbons (Fsp3) is 0.250. The molecule has 2 nitrogen and oxygen atoms in total. The molecule has 0 saturated carbocycles. The van der Waals surface area contributed by atoms with Gasteiger partial charge < -0.3 is 0 Å². The third-order valence-electron chi connectivity index (χ3n) is 3.39. The zero-order valence-electron chi connectivity index (χ0n) is 12.0. The first-order valence-corrected chi connectivity index (χ1v) is 8.73. The van der Waals surface area contributed by atoms with Crippen molar-refractivity contribution in [1.82, 2.24) is 0 Å². The number of aryl methyl sites for hydroxylation is 2. The summed E-state index contributed by atoms with van der Waals surface area (Å²) in [5.74, 6) is -0.303. The van der Waals surface area contributed by atoms with Crippen LogP contribution in [-0.4, -0.2) is 14.7 Å². The predicted molar refractivity (Wildman–Crippen MR) is 83.1 cm³/mol. The number of rotatable bonds is 3. The molecule has 0 aromatic heterocycles. The second kappa shape index (κ2) is 5.78. The van der Waals surface area contributed by atoms with Gasteiger partial charge in [-0.25, -0.2) is 12.8 Å². The van der Waals surface area contributed by atoms with Crippen LogP contribution >= 0.6 is 11.6 Å². The molecule has 0 aliphatic rings. The number of halogens is 2. The number of sulfone groups is 1. The average Bonchev–Trinajstić information content (AvgIpc) is 2.36. The lowest BCUT2D eigenvalue weighted by molar-refractivity contribution is 0.601. The van der Waals surface area contributed by atoms with Gasteiger partial charge in [0.2, 0.25) is 0 Å². The minimum Gasteiger partial charge on any atom is -0.224 e. The predicted octanol–water partition coefficient (Wildman–Crippen LogP) is 4.17. The van der Waals surface area contributed by atoms with Gasteiger partial charge >= 0.3 is 0 Å². The van der Waals surface area contributed by atoms with E-state index < -0.39 is 15.2 Å². The molecule has 5 heteroatoms. The van der Waals surface area contributed by atoms with Gasteiger partial charge in [0, 0.05) is 6.26 Å². The first kappa shape index (κ1) is 16.0. The van der Waals surface area contributed by atoms with E-state index >= 15 is 0 Å². The molecule has 0 radical (unpaired) electrons. The Labute approximate surface area is 129 Å². The van der Waals surface area contributed by atoms with Gasteiger partial charge in [-0.2, -0.15) is 0 Å². The van der Waals surface area contributed by atoms with E-state index in [0.29, 0.717) is 5.56 Å². The van der Waals surface area contributed by atoms with E-state index in [1.165, 1.54) is 18.2 Å². The van der Waals surface area contributed by atoms with Crippen molar-refractivity contribution in [3.05, 3.63) is 64.5 Å². The fourth-order valence-electron chi connectivity index (χ4n) is 2.39. The number of benzene rings is 2. The Balaban J connectivity index is 2.53. The number of hydrogen-bond donors (Lipinski definition) is 0. The summed E-state index contributed by atoms with van der Waals surface area (Å²) in [4.78, 5) is 0.225. The van der Waals surface area contributed by atoms with E-state index in [4.69, 9.17) is 11.6 Å². The van der Waals surface area contributed by atoms with Crippen LogP contribution in [0, 0.1) is 19.7 Å². The van der Waals surface area contributed by atoms with E-state index in [9.17, 15) is 12.8 Å². The van der Waals surface area contributed by atoms with Crippen molar-refractivity contribution in [1.29, 1.82) is 0 Å². The summed E-state index contributed by atoms with van der Waals surface area (Å²) in [6.07, 6.45) is 1.16. The first-order valence-electron chi connectivity index (χ1n) is 6.41. The zero-order chi connectivity index (χ0) is 15.8. The fourth-order valence-corrected chi connectivity index (χ4v) is 3.55. The van der Waals surface area contributed by atoms with Crippen LogP contribution in [-0.2, 0) is 9.84 Å². The molecular formula is C16H16ClFO2S. The van der Waals surface area contributed by atoms with Crippen LogP contribution in [0.5, 0.6) is 0 Å². The van der Waals surface area contributed by atoms with Crippen LogP contribution in [0.4, 0.5) is 4.39 Å². The summed E-state index contributed by atoms with van der Waals surface area (Å²) in [6, 6.07) is 9.39. The molecule has 0 fully saturated rings. The van der Waals surface area contributed by atoms with Crippen molar-refractivity contribution in [2.45, 2.75) is 24.1 Å². The van der Waals surface area contributed by atoms with Gasteiger partial charge in [-0.05, 0) is 60.4 Å². The Bertz CT molecular complexity index is 762. The van der Waals surface area contributed by atoms with Crippen LogP contribution in [0.3, 0.4) is 0 Å². The van der Waals surface area contributed by atoms with Crippen molar-refractivity contribution >= 4 is 21.4 Å². The van der Waals surface area contributed by atoms with Crippen molar-refractivity contribution in [2.75, 3.05) is 6.26 Å². The third kappa shape index (κ3) is 3.44. The van der Waals surface area contributed by atoms with Crippen LogP contribution < -0.4 is 0 Å². The maximum atomic E-state index is 13.4. The summed E-state index contributed by atoms with van der Waals surface area (Å²) >= 11 is 6.50. The maximum absolute atomic E-state index is 13.4. The van der Waals surface area contributed by atoms with Crippen molar-refractivity contribution < 1.29 is 12.8 Å². The van der Waals surface area contributed by atoms with E-state index in [-0.39, 0.29) is 10.7 Å². The van der Waals surface area contributed by atoms with E-state index in [0.717, 1.165) is 22.9 Å². The van der Waals surface area contributed by atoms with Crippen molar-refractivity contribution in [3.63, 3.8) is 0 Å². The van der Waals surface area contributed by atoms with Gasteiger partial charge in [-0.15, -0.1) is 11.6 Å². The lowest BCUT2D eigenvalue weighted by Crippen LogP contribution is -2.03. The summed E-state index contributed by atoms with van der Waals surface area (Å²) < 4.78 is 36.6. The largest absolute Gasteiger partial charge is 0.224 e. The summed E-state index contributed by atoms with van der Waals surface area (Å²) in [5, 5.41) is -0.521. The molecule has 0 heterocycles. The van der Waals surface area contributed by atoms with E-state index in [2.05, 4.69) is 0 Å². The van der Waals surface area contributed by atoms with Gasteiger partial charge in [0.25, 0.3) is 0 Å². The highest BCUT2D eigenvalue weighted by atomic mass is 35.5. The molecule has 112 valence electrons. The molecule has 0 bridgehead atoms. The highest BCUT2D eigenvalue weighted by Crippen LogP contribution is 2.34. The molecule has 2 rings (SSSR count). The topological polar surface area (TPSA) is 34.1 Å². The smallest absolute Gasteiger partial charge is 0.175 e. The van der Waals surface area contributed by atoms with Gasteiger partial charge in [-0.1, -0.05) is 12.1 Å². The van der Waals surface area contributed by atoms with Gasteiger partial charge in [0.1, 0.15) is 5.82 Å². The molecule has 0 amide bonds. The van der Waals surface area contributed by atoms with E-state index in [1.807, 2.05) is 0 Å². The second-order valence-corrected chi connectivity index (χ2v) is 7.61. The second-order valence-electron chi connectivity index (χ2n) is 5.16. The number of hydrogen-bond acceptors (Lipinski definition) is 2. The Kier molecular flexibility index (Phi) is 4.40. The highest BCUT2D eigenvalue weighted by Gasteiger charge is 2.18. The molecule has 21 heavy (non-hydrogen) atoms. The molecule has 1 unspecified atom stereocenters. The Morgan fingerprint density at radius 3 is 2.19 bits per heavy atom. The third-order valence-corrected chi connectivity index (χ3v) is 4.97. The zero-order valence-corrected chi connectivity index (χ0v) is 13.6. The molecule has 0 aliphatic carbocycles. The highest BCUT2D eigenvalue weighted by molar-refractivity contribution is 7.90. The Hall–Kier alpha value is -1.39. The molecule has 2 aromatic rings. The molecule has 0 spiro atoms. The standard InChI is InChI=1S/C16H16ClFO2S/c1-10-7-13(18)8-11(2)15(10)16(17)12-5-4-6-14(9-12)21(3,19)20/h4-9,16H,1-3H3. The van der Waals surface area contributed by atoms with Gasteiger partial charge in [0.05, 0.1) is 10.3 Å². The molecule has 2 aromatic carbocycles. The molecular weight excluding hydrogens is 311 g/mol. The van der Waals surface area contributed by atoms with Crippen LogP contribution in [0.1, 0.15) is 27.6 Å². The summed E-state index contributed by atoms with van der Waals surface area (Å²) in [5.41, 5.74) is 2.98. The molecule has 0 N–H and O–H groups in total. The SMILES string of the molecule is Cc1cc(F)cc(C)c1C(Cl)c1cccc(S(C)(=O)=O)c1. The van der Waals surface area contributed by atoms with Crippen LogP contribution in [0.25, 0.3) is 0 Å². The van der Waals surface area contributed by atoms with Gasteiger partial charge in [0.15, 0.2) is 9.84 Å². The maximum Gasteiger partial charge on any atom is 0.175 e. The number of alkyl halides is 1. The minimum absolute atomic E-state index is 0.225. The lowest BCUT2D eigenvalue weighted by Gasteiger charge is -2.17. The van der Waals surface area contributed by atoms with Crippen LogP contribution in [0.15, 0.2) is 41.3 Å². The molecule has 0 saturated heterocycles. The Morgan fingerprint density at radius 1 is 1.10 bits per heavy atom.